The Morgan fingerprint density at radius 1 is 0.130 bits per heavy atom. The van der Waals surface area contributed by atoms with Crippen LogP contribution in [-0.2, 0) is 0 Å². The van der Waals surface area contributed by atoms with Gasteiger partial charge in [-0.1, -0.05) is 359 Å². The molecule has 0 saturated carbocycles. The van der Waals surface area contributed by atoms with E-state index in [0.717, 1.165) is 55.4 Å². The number of nitrogens with zero attached hydrogens (tertiary/aromatic N) is 6. The maximum Gasteiger partial charge on any atom is 0.146 e. The molecule has 0 aliphatic carbocycles. The van der Waals surface area contributed by atoms with Crippen molar-refractivity contribution in [2.75, 3.05) is 0 Å². The Kier molecular flexibility index (Phi) is 18.3. The third-order valence-corrected chi connectivity index (χ3v) is 31.2. The summed E-state index contributed by atoms with van der Waals surface area (Å²) in [6.07, 6.45) is 0. The largest absolute Gasteiger partial charge is 0.292 e. The molecule has 0 spiro atoms. The number of hydrogen-bond donors (Lipinski definition) is 0. The first-order chi connectivity index (χ1) is 71.8. The first-order valence-electron chi connectivity index (χ1n) is 50.0. The molecule has 0 atom stereocenters. The summed E-state index contributed by atoms with van der Waals surface area (Å²) in [6, 6.07) is 183. The van der Waals surface area contributed by atoms with Gasteiger partial charge in [-0.25, -0.2) is 15.0 Å². The van der Waals surface area contributed by atoms with Crippen molar-refractivity contribution >= 4 is 244 Å². The molecule has 146 heavy (non-hydrogen) atoms. The fourth-order valence-corrected chi connectivity index (χ4v) is 24.3. The molecule has 0 saturated heterocycles. The molecule has 0 fully saturated rings. The molecule has 6 aromatic heterocycles. The Morgan fingerprint density at radius 2 is 0.377 bits per heavy atom. The van der Waals surface area contributed by atoms with Crippen LogP contribution in [0.3, 0.4) is 0 Å². The summed E-state index contributed by atoms with van der Waals surface area (Å²) < 4.78 is 7.03. The third-order valence-electron chi connectivity index (χ3n) is 31.2. The molecule has 0 radical (unpaired) electrons. The van der Waals surface area contributed by atoms with Crippen molar-refractivity contribution in [1.82, 2.24) is 28.2 Å². The summed E-state index contributed by atoms with van der Waals surface area (Å²) in [5, 5.41) is 41.1. The van der Waals surface area contributed by atoms with Gasteiger partial charge in [0.25, 0.3) is 0 Å². The Balaban J connectivity index is 0.000000103. The maximum atomic E-state index is 5.23. The highest BCUT2D eigenvalue weighted by molar-refractivity contribution is 6.29. The number of para-hydroxylation sites is 6. The van der Waals surface area contributed by atoms with Gasteiger partial charge in [0.1, 0.15) is 16.9 Å². The monoisotopic (exact) mass is 1850 g/mol. The van der Waals surface area contributed by atoms with Crippen molar-refractivity contribution in [3.63, 3.8) is 0 Å². The lowest BCUT2D eigenvalue weighted by molar-refractivity contribution is 1.32. The molecule has 6 heterocycles. The van der Waals surface area contributed by atoms with Crippen LogP contribution in [0, 0.1) is 0 Å². The molecular formula is C140H86N6. The van der Waals surface area contributed by atoms with Crippen LogP contribution in [0.15, 0.2) is 497 Å². The van der Waals surface area contributed by atoms with Gasteiger partial charge in [-0.05, 0) is 358 Å². The first-order valence-corrected chi connectivity index (χ1v) is 50.0. The van der Waals surface area contributed by atoms with E-state index in [2.05, 4.69) is 511 Å². The lowest BCUT2D eigenvalue weighted by atomic mass is 9.84. The van der Waals surface area contributed by atoms with Crippen LogP contribution in [-0.4, -0.2) is 28.2 Å². The Morgan fingerprint density at radius 3 is 0.788 bits per heavy atom. The fourth-order valence-electron chi connectivity index (χ4n) is 24.3. The zero-order valence-electron chi connectivity index (χ0n) is 78.5. The average Bonchev–Trinajstić information content (AvgIpc) is 1.59. The quantitative estimate of drug-likeness (QED) is 0.123. The smallest absolute Gasteiger partial charge is 0.146 e. The minimum Gasteiger partial charge on any atom is -0.292 e. The van der Waals surface area contributed by atoms with Gasteiger partial charge in [-0.2, -0.15) is 0 Å². The molecule has 33 aromatic rings. The van der Waals surface area contributed by atoms with Crippen molar-refractivity contribution in [2.45, 2.75) is 7.43 Å². The Labute approximate surface area is 838 Å². The van der Waals surface area contributed by atoms with Gasteiger partial charge in [0.2, 0.25) is 0 Å². The molecule has 27 aromatic carbocycles. The van der Waals surface area contributed by atoms with E-state index in [1.165, 1.54) is 256 Å². The number of fused-ring (bicyclic) bond motifs is 33. The zero-order valence-corrected chi connectivity index (χ0v) is 78.5. The molecule has 0 amide bonds. The molecule has 0 aliphatic heterocycles. The summed E-state index contributed by atoms with van der Waals surface area (Å²) in [6.45, 7) is 0. The molecule has 0 N–H and O–H groups in total. The van der Waals surface area contributed by atoms with Crippen LogP contribution in [0.1, 0.15) is 7.43 Å². The van der Waals surface area contributed by atoms with Gasteiger partial charge in [0, 0.05) is 32.3 Å². The predicted molar refractivity (Wildman–Crippen MR) is 624 cm³/mol. The minimum atomic E-state index is 0. The van der Waals surface area contributed by atoms with Gasteiger partial charge in [-0.15, -0.1) is 0 Å². The van der Waals surface area contributed by atoms with E-state index in [-0.39, 0.29) is 7.43 Å². The number of hydrogen-bond acceptors (Lipinski definition) is 3. The summed E-state index contributed by atoms with van der Waals surface area (Å²) >= 11 is 0. The van der Waals surface area contributed by atoms with Crippen molar-refractivity contribution < 1.29 is 0 Å². The molecular weight excluding hydrogens is 1770 g/mol. The molecule has 0 aliphatic rings. The van der Waals surface area contributed by atoms with Gasteiger partial charge in [0.15, 0.2) is 0 Å². The van der Waals surface area contributed by atoms with E-state index in [0.29, 0.717) is 0 Å². The molecule has 676 valence electrons. The van der Waals surface area contributed by atoms with E-state index in [9.17, 15) is 0 Å². The number of rotatable bonds is 6. The second-order valence-corrected chi connectivity index (χ2v) is 39.2. The van der Waals surface area contributed by atoms with Crippen LogP contribution in [0.4, 0.5) is 0 Å². The molecule has 6 heteroatoms. The second-order valence-electron chi connectivity index (χ2n) is 39.2. The van der Waals surface area contributed by atoms with E-state index >= 15 is 0 Å². The van der Waals surface area contributed by atoms with Gasteiger partial charge in [-0.3, -0.25) is 13.2 Å². The first kappa shape index (κ1) is 82.6. The van der Waals surface area contributed by atoms with Crippen molar-refractivity contribution in [3.8, 4) is 66.8 Å². The molecule has 6 nitrogen and oxygen atoms in total. The van der Waals surface area contributed by atoms with E-state index in [1.807, 2.05) is 0 Å². The van der Waals surface area contributed by atoms with Crippen LogP contribution < -0.4 is 0 Å². The topological polar surface area (TPSA) is 51.9 Å². The number of pyridine rings is 3. The maximum absolute atomic E-state index is 5.23. The van der Waals surface area contributed by atoms with Crippen molar-refractivity contribution in [2.24, 2.45) is 0 Å². The van der Waals surface area contributed by atoms with Crippen LogP contribution in [0.2, 0.25) is 0 Å². The molecule has 33 rings (SSSR count). The second kappa shape index (κ2) is 32.4. The van der Waals surface area contributed by atoms with E-state index < -0.39 is 0 Å². The standard InChI is InChI=1S/C57H34N2.C43H26N2.C39H22N2.CH4/c1-3-13-37-29-43(23-21-35(37)11-1)55-45-17-7-8-18-46(45)56(44-24-22-36-12-2-4-14-38(36)30-44)51-33-42(25-27-47(51)55)41-26-28-48-49(31-41)50-32-39-15-5-6-16-40(39)34-54(50)59-53-20-10-9-19-52(53)58-57(48)59;1-2-8-28-21-31(14-13-27(28)7-1)32-15-16-34-23-35(18-17-33(34)22-32)36-19-20-37-38(24-36)39-25-29-9-3-4-10-30(29)26-42(39)45-41-12-6-5-11-40(41)44-43(37)45;1-2-7-27-22-36-33(20-26(27)6-1)32-21-28(16-19-31(32)39-40-34-10-3-4-11-35(34)41(36)39)29-17-14-25-13-12-23-8-5-9-24-15-18-30(29)38(25)37(23)24;/h1-34H;1-26H;1-22H;1H4. The zero-order chi connectivity index (χ0) is 94.7. The average molecular weight is 1850 g/mol. The lowest BCUT2D eigenvalue weighted by Gasteiger charge is -2.19. The van der Waals surface area contributed by atoms with E-state index in [4.69, 9.17) is 15.0 Å². The fraction of sp³-hybridized carbons (Fsp3) is 0.00714. The number of benzene rings is 27. The lowest BCUT2D eigenvalue weighted by Crippen LogP contribution is -1.93. The Bertz CT molecular complexity index is 11400. The minimum absolute atomic E-state index is 0. The summed E-state index contributed by atoms with van der Waals surface area (Å²) in [7, 11) is 0. The number of imidazole rings is 3. The summed E-state index contributed by atoms with van der Waals surface area (Å²) in [5.74, 6) is 0. The van der Waals surface area contributed by atoms with Crippen molar-refractivity contribution in [1.29, 1.82) is 0 Å². The van der Waals surface area contributed by atoms with Crippen LogP contribution in [0.5, 0.6) is 0 Å². The van der Waals surface area contributed by atoms with E-state index in [1.54, 1.807) is 0 Å². The predicted octanol–water partition coefficient (Wildman–Crippen LogP) is 38.3. The van der Waals surface area contributed by atoms with Crippen LogP contribution >= 0.6 is 0 Å². The highest BCUT2D eigenvalue weighted by Gasteiger charge is 2.25. The van der Waals surface area contributed by atoms with Gasteiger partial charge >= 0.3 is 0 Å². The normalized spacial score (nSPS) is 12.1. The summed E-state index contributed by atoms with van der Waals surface area (Å²) in [4.78, 5) is 15.5. The SMILES string of the molecule is C.c1ccc2cc(-c3c4ccccc4c(-c4ccc5ccccc5c4)c4cc(-c5ccc6c(c5)c5cc7ccccc7cc5n5c7ccccc7nc65)ccc34)ccc2c1.c1ccc2cc(-c3ccc4cc(-c5ccc6c(c5)c5cc7ccccc7cc5n5c7ccccc7nc65)ccc4c3)ccc2c1.c1ccc2cc3c(cc2c1)c1cc(-c2ccc4ccc5cccc6ccc2c4c56)ccc1c1nc2ccccc2n31. The van der Waals surface area contributed by atoms with Crippen molar-refractivity contribution in [3.05, 3.63) is 497 Å². The van der Waals surface area contributed by atoms with Gasteiger partial charge < -0.3 is 0 Å². The number of aromatic nitrogens is 6. The van der Waals surface area contributed by atoms with Crippen LogP contribution in [0.25, 0.3) is 311 Å². The highest BCUT2D eigenvalue weighted by Crippen LogP contribution is 2.50. The third kappa shape index (κ3) is 12.9. The van der Waals surface area contributed by atoms with Gasteiger partial charge in [0.05, 0.1) is 49.7 Å². The molecule has 0 unspecified atom stereocenters. The molecule has 0 bridgehead atoms. The Hall–Kier alpha value is -19.3. The summed E-state index contributed by atoms with van der Waals surface area (Å²) in [5.41, 5.74) is 27.7. The highest BCUT2D eigenvalue weighted by atomic mass is 15.0.